The van der Waals surface area contributed by atoms with Gasteiger partial charge in [0.25, 0.3) is 0 Å². The molecule has 3 rings (SSSR count). The number of aromatic nitrogens is 4. The summed E-state index contributed by atoms with van der Waals surface area (Å²) < 4.78 is 1.80. The molecule has 1 N–H and O–H groups in total. The fraction of sp³-hybridized carbons (Fsp3) is 0.500. The second kappa shape index (κ2) is 5.48. The molecule has 0 saturated carbocycles. The monoisotopic (exact) mass is 257 g/mol. The first-order valence-corrected chi connectivity index (χ1v) is 6.82. The molecule has 1 fully saturated rings. The van der Waals surface area contributed by atoms with Crippen molar-refractivity contribution in [2.24, 2.45) is 13.0 Å². The number of rotatable bonds is 3. The van der Waals surface area contributed by atoms with Crippen LogP contribution in [0.2, 0.25) is 0 Å². The second-order valence-electron chi connectivity index (χ2n) is 5.17. The van der Waals surface area contributed by atoms with Crippen LogP contribution in [0.3, 0.4) is 0 Å². The summed E-state index contributed by atoms with van der Waals surface area (Å²) in [5.74, 6) is 0.667. The molecule has 5 nitrogen and oxygen atoms in total. The van der Waals surface area contributed by atoms with Gasteiger partial charge in [-0.05, 0) is 38.3 Å². The molecule has 0 aliphatic carbocycles. The molecule has 3 heterocycles. The molecule has 0 bridgehead atoms. The first-order chi connectivity index (χ1) is 9.33. The van der Waals surface area contributed by atoms with E-state index in [-0.39, 0.29) is 0 Å². The van der Waals surface area contributed by atoms with Crippen molar-refractivity contribution in [3.8, 4) is 11.3 Å². The predicted molar refractivity (Wildman–Crippen MR) is 73.5 cm³/mol. The normalized spacial score (nSPS) is 19.5. The second-order valence-corrected chi connectivity index (χ2v) is 5.17. The number of nitrogens with zero attached hydrogens (tertiary/aromatic N) is 4. The van der Waals surface area contributed by atoms with Crippen molar-refractivity contribution in [2.45, 2.75) is 19.3 Å². The van der Waals surface area contributed by atoms with E-state index in [9.17, 15) is 0 Å². The summed E-state index contributed by atoms with van der Waals surface area (Å²) in [6.45, 7) is 2.23. The average Bonchev–Trinajstić information content (AvgIpc) is 2.87. The number of piperidine rings is 1. The van der Waals surface area contributed by atoms with Crippen LogP contribution in [0, 0.1) is 5.92 Å². The van der Waals surface area contributed by atoms with Crippen molar-refractivity contribution >= 4 is 0 Å². The Balaban J connectivity index is 1.84. The molecule has 0 amide bonds. The summed E-state index contributed by atoms with van der Waals surface area (Å²) in [6.07, 6.45) is 10.9. The van der Waals surface area contributed by atoms with Crippen molar-refractivity contribution in [1.29, 1.82) is 0 Å². The van der Waals surface area contributed by atoms with Crippen LogP contribution < -0.4 is 5.32 Å². The smallest absolute Gasteiger partial charge is 0.0948 e. The van der Waals surface area contributed by atoms with Crippen molar-refractivity contribution in [2.75, 3.05) is 13.1 Å². The third-order valence-electron chi connectivity index (χ3n) is 3.63. The van der Waals surface area contributed by atoms with Crippen molar-refractivity contribution in [1.82, 2.24) is 25.1 Å². The van der Waals surface area contributed by atoms with Gasteiger partial charge in [-0.1, -0.05) is 0 Å². The van der Waals surface area contributed by atoms with E-state index in [0.717, 1.165) is 36.5 Å². The first-order valence-electron chi connectivity index (χ1n) is 6.82. The molecular weight excluding hydrogens is 238 g/mol. The summed E-state index contributed by atoms with van der Waals surface area (Å²) in [5.41, 5.74) is 3.11. The third-order valence-corrected chi connectivity index (χ3v) is 3.63. The third kappa shape index (κ3) is 2.81. The highest BCUT2D eigenvalue weighted by molar-refractivity contribution is 5.59. The van der Waals surface area contributed by atoms with E-state index in [4.69, 9.17) is 0 Å². The summed E-state index contributed by atoms with van der Waals surface area (Å²) in [4.78, 5) is 9.02. The van der Waals surface area contributed by atoms with Gasteiger partial charge in [0.15, 0.2) is 0 Å². The van der Waals surface area contributed by atoms with Crippen LogP contribution in [0.25, 0.3) is 11.3 Å². The van der Waals surface area contributed by atoms with Crippen molar-refractivity contribution in [3.63, 3.8) is 0 Å². The Morgan fingerprint density at radius 2 is 2.26 bits per heavy atom. The molecule has 0 unspecified atom stereocenters. The SMILES string of the molecule is Cn1cc(-c2nccnc2C[C@H]2CCCNC2)cn1. The van der Waals surface area contributed by atoms with E-state index >= 15 is 0 Å². The van der Waals surface area contributed by atoms with Crippen molar-refractivity contribution < 1.29 is 0 Å². The Hall–Kier alpha value is -1.75. The first kappa shape index (κ1) is 12.3. The Morgan fingerprint density at radius 1 is 1.37 bits per heavy atom. The maximum atomic E-state index is 4.53. The van der Waals surface area contributed by atoms with E-state index in [1.165, 1.54) is 12.8 Å². The molecule has 19 heavy (non-hydrogen) atoms. The standard InChI is InChI=1S/C14H19N5/c1-19-10-12(9-18-19)14-13(16-5-6-17-14)7-11-3-2-4-15-8-11/h5-6,9-11,15H,2-4,7-8H2,1H3/t11-/m1/s1. The number of nitrogens with one attached hydrogen (secondary N) is 1. The number of hydrogen-bond donors (Lipinski definition) is 1. The van der Waals surface area contributed by atoms with Gasteiger partial charge in [-0.15, -0.1) is 0 Å². The van der Waals surface area contributed by atoms with Crippen LogP contribution in [0.1, 0.15) is 18.5 Å². The van der Waals surface area contributed by atoms with E-state index in [2.05, 4.69) is 20.4 Å². The van der Waals surface area contributed by atoms with E-state index in [0.29, 0.717) is 5.92 Å². The van der Waals surface area contributed by atoms with Gasteiger partial charge in [0, 0.05) is 31.2 Å². The number of aryl methyl sites for hydroxylation is 1. The van der Waals surface area contributed by atoms with Crippen LogP contribution in [0.4, 0.5) is 0 Å². The van der Waals surface area contributed by atoms with Gasteiger partial charge >= 0.3 is 0 Å². The molecule has 0 spiro atoms. The molecule has 2 aromatic heterocycles. The zero-order chi connectivity index (χ0) is 13.1. The van der Waals surface area contributed by atoms with Gasteiger partial charge in [0.1, 0.15) is 0 Å². The van der Waals surface area contributed by atoms with Gasteiger partial charge < -0.3 is 5.32 Å². The van der Waals surface area contributed by atoms with Crippen LogP contribution >= 0.6 is 0 Å². The molecule has 1 saturated heterocycles. The molecular formula is C14H19N5. The lowest BCUT2D eigenvalue weighted by Gasteiger charge is -2.22. The zero-order valence-electron chi connectivity index (χ0n) is 11.2. The molecule has 2 aromatic rings. The quantitative estimate of drug-likeness (QED) is 0.903. The van der Waals surface area contributed by atoms with Gasteiger partial charge in [-0.2, -0.15) is 5.10 Å². The zero-order valence-corrected chi connectivity index (χ0v) is 11.2. The molecule has 100 valence electrons. The van der Waals surface area contributed by atoms with Gasteiger partial charge in [-0.3, -0.25) is 14.6 Å². The molecule has 1 atom stereocenters. The highest BCUT2D eigenvalue weighted by atomic mass is 15.2. The topological polar surface area (TPSA) is 55.6 Å². The van der Waals surface area contributed by atoms with Gasteiger partial charge in [0.2, 0.25) is 0 Å². The highest BCUT2D eigenvalue weighted by Gasteiger charge is 2.17. The summed E-state index contributed by atoms with van der Waals surface area (Å²) in [6, 6.07) is 0. The maximum Gasteiger partial charge on any atom is 0.0948 e. The summed E-state index contributed by atoms with van der Waals surface area (Å²) in [7, 11) is 1.92. The Kier molecular flexibility index (Phi) is 3.55. The summed E-state index contributed by atoms with van der Waals surface area (Å²) >= 11 is 0. The Labute approximate surface area is 113 Å². The molecule has 1 aliphatic heterocycles. The predicted octanol–water partition coefficient (Wildman–Crippen LogP) is 1.42. The minimum atomic E-state index is 0.667. The molecule has 0 aromatic carbocycles. The van der Waals surface area contributed by atoms with Crippen molar-refractivity contribution in [3.05, 3.63) is 30.5 Å². The van der Waals surface area contributed by atoms with E-state index < -0.39 is 0 Å². The molecule has 0 radical (unpaired) electrons. The minimum absolute atomic E-state index is 0.667. The van der Waals surface area contributed by atoms with E-state index in [1.54, 1.807) is 17.1 Å². The fourth-order valence-electron chi connectivity index (χ4n) is 2.67. The average molecular weight is 257 g/mol. The summed E-state index contributed by atoms with van der Waals surface area (Å²) in [5, 5.41) is 7.67. The number of hydrogen-bond acceptors (Lipinski definition) is 4. The van der Waals surface area contributed by atoms with E-state index in [1.807, 2.05) is 19.4 Å². The highest BCUT2D eigenvalue weighted by Crippen LogP contribution is 2.23. The molecule has 5 heteroatoms. The minimum Gasteiger partial charge on any atom is -0.316 e. The lowest BCUT2D eigenvalue weighted by molar-refractivity contribution is 0.373. The largest absolute Gasteiger partial charge is 0.316 e. The van der Waals surface area contributed by atoms with Crippen LogP contribution in [0.15, 0.2) is 24.8 Å². The maximum absolute atomic E-state index is 4.53. The van der Waals surface area contributed by atoms with Crippen LogP contribution in [0.5, 0.6) is 0 Å². The lowest BCUT2D eigenvalue weighted by Crippen LogP contribution is -2.31. The molecule has 1 aliphatic rings. The Morgan fingerprint density at radius 3 is 3.00 bits per heavy atom. The van der Waals surface area contributed by atoms with Gasteiger partial charge in [0.05, 0.1) is 17.6 Å². The fourth-order valence-corrected chi connectivity index (χ4v) is 2.67. The van der Waals surface area contributed by atoms with Crippen LogP contribution in [-0.2, 0) is 13.5 Å². The van der Waals surface area contributed by atoms with Crippen LogP contribution in [-0.4, -0.2) is 32.8 Å². The Bertz CT molecular complexity index is 542. The van der Waals surface area contributed by atoms with Gasteiger partial charge in [-0.25, -0.2) is 0 Å². The lowest BCUT2D eigenvalue weighted by atomic mass is 9.93.